The van der Waals surface area contributed by atoms with Gasteiger partial charge in [-0.25, -0.2) is 4.98 Å². The zero-order chi connectivity index (χ0) is 14.8. The first kappa shape index (κ1) is 15.5. The molecule has 0 atom stereocenters. The quantitative estimate of drug-likeness (QED) is 0.809. The van der Waals surface area contributed by atoms with Crippen LogP contribution in [0.4, 0.5) is 0 Å². The minimum atomic E-state index is 0.700. The highest BCUT2D eigenvalue weighted by Crippen LogP contribution is 2.38. The third-order valence-electron chi connectivity index (χ3n) is 4.89. The molecule has 2 aliphatic rings. The van der Waals surface area contributed by atoms with Gasteiger partial charge in [-0.1, -0.05) is 33.6 Å². The topological polar surface area (TPSA) is 24.9 Å². The van der Waals surface area contributed by atoms with E-state index in [1.54, 1.807) is 0 Å². The zero-order valence-corrected chi connectivity index (χ0v) is 14.6. The van der Waals surface area contributed by atoms with Crippen molar-refractivity contribution in [1.82, 2.24) is 10.3 Å². The van der Waals surface area contributed by atoms with Gasteiger partial charge in [-0.05, 0) is 43.9 Å². The van der Waals surface area contributed by atoms with Crippen molar-refractivity contribution in [3.63, 3.8) is 0 Å². The van der Waals surface area contributed by atoms with E-state index in [4.69, 9.17) is 4.98 Å². The van der Waals surface area contributed by atoms with Crippen LogP contribution in [-0.2, 0) is 13.0 Å². The highest BCUT2D eigenvalue weighted by Gasteiger charge is 2.25. The van der Waals surface area contributed by atoms with E-state index in [-0.39, 0.29) is 0 Å². The van der Waals surface area contributed by atoms with E-state index in [1.807, 2.05) is 11.3 Å². The number of rotatable bonds is 6. The summed E-state index contributed by atoms with van der Waals surface area (Å²) in [5, 5.41) is 5.12. The Bertz CT molecular complexity index is 454. The summed E-state index contributed by atoms with van der Waals surface area (Å²) < 4.78 is 0. The highest BCUT2D eigenvalue weighted by molar-refractivity contribution is 7.11. The molecule has 3 heteroatoms. The molecule has 2 nitrogen and oxygen atoms in total. The maximum atomic E-state index is 5.08. The molecule has 118 valence electrons. The van der Waals surface area contributed by atoms with Gasteiger partial charge in [-0.15, -0.1) is 11.3 Å². The largest absolute Gasteiger partial charge is 0.309 e. The van der Waals surface area contributed by atoms with Gasteiger partial charge in [-0.3, -0.25) is 0 Å². The Morgan fingerprint density at radius 1 is 1.14 bits per heavy atom. The van der Waals surface area contributed by atoms with E-state index in [0.29, 0.717) is 5.92 Å². The Kier molecular flexibility index (Phi) is 5.00. The molecule has 0 bridgehead atoms. The van der Waals surface area contributed by atoms with Crippen LogP contribution in [0.2, 0.25) is 0 Å². The summed E-state index contributed by atoms with van der Waals surface area (Å²) in [6.45, 7) is 8.06. The zero-order valence-electron chi connectivity index (χ0n) is 13.8. The number of hydrogen-bond acceptors (Lipinski definition) is 3. The Balaban J connectivity index is 1.70. The maximum absolute atomic E-state index is 5.08. The highest BCUT2D eigenvalue weighted by atomic mass is 32.1. The standard InChI is InChI=1S/C18H30N2S/c1-12(2)10-16-17(11-19-15-8-9-15)21-18(20-16)14-6-4-13(3)5-7-14/h12-15,19H,4-11H2,1-3H3. The fourth-order valence-electron chi connectivity index (χ4n) is 3.29. The maximum Gasteiger partial charge on any atom is 0.0962 e. The van der Waals surface area contributed by atoms with Crippen LogP contribution in [-0.4, -0.2) is 11.0 Å². The van der Waals surface area contributed by atoms with Crippen LogP contribution in [0.5, 0.6) is 0 Å². The summed E-state index contributed by atoms with van der Waals surface area (Å²) in [7, 11) is 0. The molecule has 0 aliphatic heterocycles. The van der Waals surface area contributed by atoms with Gasteiger partial charge >= 0.3 is 0 Å². The summed E-state index contributed by atoms with van der Waals surface area (Å²) in [6, 6.07) is 0.790. The smallest absolute Gasteiger partial charge is 0.0962 e. The molecule has 0 saturated heterocycles. The molecule has 0 amide bonds. The van der Waals surface area contributed by atoms with Gasteiger partial charge in [0.2, 0.25) is 0 Å². The van der Waals surface area contributed by atoms with Crippen molar-refractivity contribution in [2.24, 2.45) is 11.8 Å². The molecule has 2 aliphatic carbocycles. The van der Waals surface area contributed by atoms with E-state index in [2.05, 4.69) is 26.1 Å². The molecule has 0 spiro atoms. The van der Waals surface area contributed by atoms with Crippen LogP contribution < -0.4 is 5.32 Å². The molecule has 2 fully saturated rings. The predicted molar refractivity (Wildman–Crippen MR) is 90.9 cm³/mol. The lowest BCUT2D eigenvalue weighted by Crippen LogP contribution is -2.15. The molecule has 1 aromatic heterocycles. The molecule has 0 radical (unpaired) electrons. The van der Waals surface area contributed by atoms with Crippen molar-refractivity contribution in [2.45, 2.75) is 84.2 Å². The minimum absolute atomic E-state index is 0.700. The second-order valence-corrected chi connectivity index (χ2v) is 8.75. The van der Waals surface area contributed by atoms with Crippen molar-refractivity contribution < 1.29 is 0 Å². The van der Waals surface area contributed by atoms with Crippen LogP contribution in [0.1, 0.15) is 80.8 Å². The Labute approximate surface area is 133 Å². The minimum Gasteiger partial charge on any atom is -0.309 e. The van der Waals surface area contributed by atoms with Gasteiger partial charge in [0, 0.05) is 23.4 Å². The Morgan fingerprint density at radius 2 is 1.86 bits per heavy atom. The molecule has 21 heavy (non-hydrogen) atoms. The Hall–Kier alpha value is -0.410. The molecular weight excluding hydrogens is 276 g/mol. The molecular formula is C18H30N2S. The first-order chi connectivity index (χ1) is 10.1. The fourth-order valence-corrected chi connectivity index (χ4v) is 4.51. The van der Waals surface area contributed by atoms with E-state index in [9.17, 15) is 0 Å². The Morgan fingerprint density at radius 3 is 2.48 bits per heavy atom. The van der Waals surface area contributed by atoms with Crippen molar-refractivity contribution >= 4 is 11.3 Å². The van der Waals surface area contributed by atoms with Crippen LogP contribution in [0.25, 0.3) is 0 Å². The van der Waals surface area contributed by atoms with Crippen LogP contribution in [0.15, 0.2) is 0 Å². The predicted octanol–water partition coefficient (Wildman–Crippen LogP) is 4.89. The molecule has 1 aromatic rings. The van der Waals surface area contributed by atoms with Crippen LogP contribution in [0, 0.1) is 11.8 Å². The molecule has 0 unspecified atom stereocenters. The van der Waals surface area contributed by atoms with E-state index < -0.39 is 0 Å². The first-order valence-corrected chi connectivity index (χ1v) is 9.65. The second-order valence-electron chi connectivity index (χ2n) is 7.63. The van der Waals surface area contributed by atoms with Crippen molar-refractivity contribution in [2.75, 3.05) is 0 Å². The second kappa shape index (κ2) is 6.78. The van der Waals surface area contributed by atoms with E-state index in [0.717, 1.165) is 30.8 Å². The monoisotopic (exact) mass is 306 g/mol. The summed E-state index contributed by atoms with van der Waals surface area (Å²) in [4.78, 5) is 6.59. The lowest BCUT2D eigenvalue weighted by Gasteiger charge is -2.24. The SMILES string of the molecule is CC(C)Cc1nc(C2CCC(C)CC2)sc1CNC1CC1. The number of hydrogen-bond donors (Lipinski definition) is 1. The van der Waals surface area contributed by atoms with Gasteiger partial charge in [0.25, 0.3) is 0 Å². The van der Waals surface area contributed by atoms with Crippen molar-refractivity contribution in [3.05, 3.63) is 15.6 Å². The number of nitrogens with one attached hydrogen (secondary N) is 1. The van der Waals surface area contributed by atoms with Crippen molar-refractivity contribution in [1.29, 1.82) is 0 Å². The number of thiazole rings is 1. The average molecular weight is 307 g/mol. The molecule has 0 aromatic carbocycles. The molecule has 1 heterocycles. The van der Waals surface area contributed by atoms with Gasteiger partial charge in [0.05, 0.1) is 10.7 Å². The average Bonchev–Trinajstić information content (AvgIpc) is 3.19. The van der Waals surface area contributed by atoms with Crippen LogP contribution >= 0.6 is 11.3 Å². The molecule has 3 rings (SSSR count). The van der Waals surface area contributed by atoms with Crippen molar-refractivity contribution in [3.8, 4) is 0 Å². The van der Waals surface area contributed by atoms with E-state index in [1.165, 1.54) is 54.1 Å². The van der Waals surface area contributed by atoms with Crippen LogP contribution in [0.3, 0.4) is 0 Å². The third kappa shape index (κ3) is 4.29. The fraction of sp³-hybridized carbons (Fsp3) is 0.833. The normalized spacial score (nSPS) is 26.5. The summed E-state index contributed by atoms with van der Waals surface area (Å²) in [5.41, 5.74) is 1.39. The van der Waals surface area contributed by atoms with Gasteiger partial charge in [-0.2, -0.15) is 0 Å². The van der Waals surface area contributed by atoms with Gasteiger partial charge in [0.15, 0.2) is 0 Å². The third-order valence-corrected chi connectivity index (χ3v) is 6.15. The van der Waals surface area contributed by atoms with E-state index >= 15 is 0 Å². The molecule has 2 saturated carbocycles. The lowest BCUT2D eigenvalue weighted by molar-refractivity contribution is 0.347. The number of nitrogens with zero attached hydrogens (tertiary/aromatic N) is 1. The number of aromatic nitrogens is 1. The summed E-state index contributed by atoms with van der Waals surface area (Å²) >= 11 is 2.01. The molecule has 1 N–H and O–H groups in total. The summed E-state index contributed by atoms with van der Waals surface area (Å²) in [6.07, 6.45) is 9.36. The van der Waals surface area contributed by atoms with Gasteiger partial charge < -0.3 is 5.32 Å². The van der Waals surface area contributed by atoms with Gasteiger partial charge in [0.1, 0.15) is 0 Å². The summed E-state index contributed by atoms with van der Waals surface area (Å²) in [5.74, 6) is 2.37. The first-order valence-electron chi connectivity index (χ1n) is 8.83. The lowest BCUT2D eigenvalue weighted by atomic mass is 9.83.